The minimum atomic E-state index is -3.69. The summed E-state index contributed by atoms with van der Waals surface area (Å²) in [6.45, 7) is 4.56. The molecule has 2 aromatic rings. The third-order valence-electron chi connectivity index (χ3n) is 2.66. The Morgan fingerprint density at radius 2 is 2.05 bits per heavy atom. The number of hydrogen-bond donors (Lipinski definition) is 2. The summed E-state index contributed by atoms with van der Waals surface area (Å²) in [5.41, 5.74) is 0.536. The Morgan fingerprint density at radius 3 is 2.71 bits per heavy atom. The van der Waals surface area contributed by atoms with E-state index < -0.39 is 10.0 Å². The van der Waals surface area contributed by atoms with Gasteiger partial charge in [-0.15, -0.1) is 0 Å². The van der Waals surface area contributed by atoms with Crippen molar-refractivity contribution in [3.8, 4) is 0 Å². The molecule has 0 unspecified atom stereocenters. The lowest BCUT2D eigenvalue weighted by Crippen LogP contribution is -2.23. The monoisotopic (exact) mass is 310 g/mol. The van der Waals surface area contributed by atoms with Crippen LogP contribution in [0.3, 0.4) is 0 Å². The number of furan rings is 1. The average Bonchev–Trinajstić information content (AvgIpc) is 2.94. The Morgan fingerprint density at radius 1 is 1.24 bits per heavy atom. The molecule has 114 valence electrons. The molecule has 21 heavy (non-hydrogen) atoms. The van der Waals surface area contributed by atoms with Crippen LogP contribution in [0, 0.1) is 0 Å². The van der Waals surface area contributed by atoms with Gasteiger partial charge in [-0.2, -0.15) is 10.2 Å². The van der Waals surface area contributed by atoms with Gasteiger partial charge in [0.25, 0.3) is 10.0 Å². The van der Waals surface area contributed by atoms with E-state index in [0.717, 1.165) is 0 Å². The summed E-state index contributed by atoms with van der Waals surface area (Å²) in [5, 5.41) is 10.6. The fourth-order valence-corrected chi connectivity index (χ4v) is 2.51. The van der Waals surface area contributed by atoms with Crippen LogP contribution in [0.15, 0.2) is 40.0 Å². The molecule has 2 heterocycles. The van der Waals surface area contributed by atoms with Crippen LogP contribution in [0.1, 0.15) is 25.3 Å². The molecule has 0 saturated carbocycles. The Kier molecular flexibility index (Phi) is 5.05. The predicted octanol–water partition coefficient (Wildman–Crippen LogP) is 1.05. The highest BCUT2D eigenvalue weighted by Gasteiger charge is 2.18. The van der Waals surface area contributed by atoms with Crippen molar-refractivity contribution in [1.29, 1.82) is 0 Å². The molecule has 0 atom stereocenters. The smallest absolute Gasteiger partial charge is 0.274 e. The average molecular weight is 310 g/mol. The molecule has 0 amide bonds. The molecule has 0 bridgehead atoms. The fraction of sp³-hybridized carbons (Fsp3) is 0.385. The maximum Gasteiger partial charge on any atom is 0.274 e. The number of nitrogens with one attached hydrogen (secondary N) is 2. The van der Waals surface area contributed by atoms with Gasteiger partial charge in [-0.25, -0.2) is 13.1 Å². The van der Waals surface area contributed by atoms with Crippen molar-refractivity contribution in [1.82, 2.24) is 20.2 Å². The molecular weight excluding hydrogens is 292 g/mol. The highest BCUT2D eigenvalue weighted by atomic mass is 32.2. The minimum Gasteiger partial charge on any atom is -0.447 e. The first-order chi connectivity index (χ1) is 9.97. The van der Waals surface area contributed by atoms with Crippen LogP contribution < -0.4 is 10.0 Å². The van der Waals surface area contributed by atoms with Crippen LogP contribution in [0.5, 0.6) is 0 Å². The molecule has 0 aromatic carbocycles. The van der Waals surface area contributed by atoms with E-state index in [4.69, 9.17) is 4.42 Å². The molecule has 2 rings (SSSR count). The second kappa shape index (κ2) is 6.79. The lowest BCUT2D eigenvalue weighted by molar-refractivity contribution is 0.393. The Hall–Kier alpha value is -1.77. The number of nitrogens with zero attached hydrogens (tertiary/aromatic N) is 2. The molecule has 7 nitrogen and oxygen atoms in total. The molecule has 0 spiro atoms. The van der Waals surface area contributed by atoms with Crippen LogP contribution >= 0.6 is 0 Å². The largest absolute Gasteiger partial charge is 0.447 e. The van der Waals surface area contributed by atoms with Gasteiger partial charge in [-0.05, 0) is 24.3 Å². The van der Waals surface area contributed by atoms with Gasteiger partial charge < -0.3 is 9.73 Å². The van der Waals surface area contributed by atoms with Gasteiger partial charge in [0.1, 0.15) is 5.76 Å². The Bertz CT molecular complexity index is 668. The Balaban J connectivity index is 1.99. The molecule has 0 aliphatic rings. The zero-order chi connectivity index (χ0) is 15.3. The van der Waals surface area contributed by atoms with E-state index in [-0.39, 0.29) is 11.6 Å². The van der Waals surface area contributed by atoms with Gasteiger partial charge in [-0.1, -0.05) is 13.8 Å². The number of hydrogen-bond acceptors (Lipinski definition) is 6. The van der Waals surface area contributed by atoms with E-state index in [2.05, 4.69) is 20.2 Å². The minimum absolute atomic E-state index is 0.0659. The summed E-state index contributed by atoms with van der Waals surface area (Å²) >= 11 is 0. The standard InChI is InChI=1S/C13H18N4O3S/c1-10(2)14-9-12-5-6-13(20-12)21(18,19)16-8-11-4-3-7-15-17-11/h3-7,10,14,16H,8-9H2,1-2H3. The summed E-state index contributed by atoms with van der Waals surface area (Å²) in [6, 6.07) is 6.77. The van der Waals surface area contributed by atoms with Crippen LogP contribution in [0.2, 0.25) is 0 Å². The summed E-state index contributed by atoms with van der Waals surface area (Å²) in [7, 11) is -3.69. The van der Waals surface area contributed by atoms with Crippen LogP contribution in [0.4, 0.5) is 0 Å². The third-order valence-corrected chi connectivity index (χ3v) is 3.93. The van der Waals surface area contributed by atoms with Crippen molar-refractivity contribution in [2.75, 3.05) is 0 Å². The van der Waals surface area contributed by atoms with Crippen LogP contribution in [-0.2, 0) is 23.1 Å². The third kappa shape index (κ3) is 4.62. The number of rotatable bonds is 7. The number of aromatic nitrogens is 2. The van der Waals surface area contributed by atoms with E-state index in [1.54, 1.807) is 18.2 Å². The van der Waals surface area contributed by atoms with E-state index in [1.165, 1.54) is 12.3 Å². The fourth-order valence-electron chi connectivity index (χ4n) is 1.57. The highest BCUT2D eigenvalue weighted by molar-refractivity contribution is 7.89. The highest BCUT2D eigenvalue weighted by Crippen LogP contribution is 2.14. The molecule has 0 aliphatic heterocycles. The van der Waals surface area contributed by atoms with E-state index in [0.29, 0.717) is 24.0 Å². The lowest BCUT2D eigenvalue weighted by atomic mass is 10.3. The first kappa shape index (κ1) is 15.6. The van der Waals surface area contributed by atoms with E-state index >= 15 is 0 Å². The SMILES string of the molecule is CC(C)NCc1ccc(S(=O)(=O)NCc2cccnn2)o1. The summed E-state index contributed by atoms with van der Waals surface area (Å²) in [4.78, 5) is 0. The molecule has 0 aliphatic carbocycles. The second-order valence-corrected chi connectivity index (χ2v) is 6.49. The maximum absolute atomic E-state index is 12.1. The lowest BCUT2D eigenvalue weighted by Gasteiger charge is -2.05. The molecule has 8 heteroatoms. The van der Waals surface area contributed by atoms with Crippen LogP contribution in [-0.4, -0.2) is 24.7 Å². The molecule has 0 fully saturated rings. The maximum atomic E-state index is 12.1. The van der Waals surface area contributed by atoms with Crippen molar-refractivity contribution >= 4 is 10.0 Å². The number of sulfonamides is 1. The first-order valence-electron chi connectivity index (χ1n) is 6.56. The van der Waals surface area contributed by atoms with E-state index in [9.17, 15) is 8.42 Å². The first-order valence-corrected chi connectivity index (χ1v) is 8.04. The van der Waals surface area contributed by atoms with Crippen molar-refractivity contribution in [2.24, 2.45) is 0 Å². The molecule has 0 saturated heterocycles. The van der Waals surface area contributed by atoms with Crippen molar-refractivity contribution < 1.29 is 12.8 Å². The van der Waals surface area contributed by atoms with Gasteiger partial charge >= 0.3 is 0 Å². The Labute approximate surface area is 123 Å². The van der Waals surface area contributed by atoms with Gasteiger partial charge in [0, 0.05) is 12.2 Å². The zero-order valence-corrected chi connectivity index (χ0v) is 12.7. The molecule has 0 radical (unpaired) electrons. The topological polar surface area (TPSA) is 97.1 Å². The van der Waals surface area contributed by atoms with Gasteiger partial charge in [0.15, 0.2) is 0 Å². The van der Waals surface area contributed by atoms with Gasteiger partial charge in [0.05, 0.1) is 18.8 Å². The quantitative estimate of drug-likeness (QED) is 0.793. The summed E-state index contributed by atoms with van der Waals surface area (Å²) in [6.07, 6.45) is 1.53. The van der Waals surface area contributed by atoms with Crippen molar-refractivity contribution in [2.45, 2.75) is 38.1 Å². The van der Waals surface area contributed by atoms with Gasteiger partial charge in [0.2, 0.25) is 5.09 Å². The zero-order valence-electron chi connectivity index (χ0n) is 11.9. The summed E-state index contributed by atoms with van der Waals surface area (Å²) < 4.78 is 31.9. The predicted molar refractivity (Wildman–Crippen MR) is 76.7 cm³/mol. The van der Waals surface area contributed by atoms with Crippen molar-refractivity contribution in [3.05, 3.63) is 41.9 Å². The molecule has 2 N–H and O–H groups in total. The summed E-state index contributed by atoms with van der Waals surface area (Å²) in [5.74, 6) is 0.573. The van der Waals surface area contributed by atoms with Crippen molar-refractivity contribution in [3.63, 3.8) is 0 Å². The molecule has 2 aromatic heterocycles. The molecular formula is C13H18N4O3S. The van der Waals surface area contributed by atoms with Gasteiger partial charge in [-0.3, -0.25) is 0 Å². The normalized spacial score (nSPS) is 12.0. The second-order valence-electron chi connectivity index (χ2n) is 4.80. The van der Waals surface area contributed by atoms with Crippen LogP contribution in [0.25, 0.3) is 0 Å². The van der Waals surface area contributed by atoms with E-state index in [1.807, 2.05) is 13.8 Å².